The van der Waals surface area contributed by atoms with Crippen LogP contribution in [0.2, 0.25) is 0 Å². The average molecular weight is 316 g/mol. The first-order valence-corrected chi connectivity index (χ1v) is 8.40. The maximum absolute atomic E-state index is 11.6. The third-order valence-corrected chi connectivity index (χ3v) is 6.62. The molecule has 3 saturated heterocycles. The van der Waals surface area contributed by atoms with Gasteiger partial charge in [-0.25, -0.2) is 10.0 Å². The highest BCUT2D eigenvalue weighted by atomic mass is 16.7. The fourth-order valence-electron chi connectivity index (χ4n) is 4.44. The highest BCUT2D eigenvalue weighted by Crippen LogP contribution is 2.58. The number of hydrazine groups is 1. The Morgan fingerprint density at radius 3 is 2.39 bits per heavy atom. The Bertz CT molecular complexity index is 613. The molecule has 3 heterocycles. The third-order valence-electron chi connectivity index (χ3n) is 6.62. The van der Waals surface area contributed by atoms with Crippen LogP contribution in [0.3, 0.4) is 0 Å². The Labute approximate surface area is 138 Å². The van der Waals surface area contributed by atoms with Gasteiger partial charge in [0.2, 0.25) is 0 Å². The number of hydrogen-bond acceptors (Lipinski definition) is 5. The second-order valence-electron chi connectivity index (χ2n) is 8.22. The summed E-state index contributed by atoms with van der Waals surface area (Å²) in [5.74, 6) is 0.152. The molecule has 5 atom stereocenters. The quantitative estimate of drug-likeness (QED) is 0.440. The second kappa shape index (κ2) is 4.36. The van der Waals surface area contributed by atoms with Crippen LogP contribution in [0.25, 0.3) is 0 Å². The van der Waals surface area contributed by atoms with E-state index in [1.807, 2.05) is 7.05 Å². The SMILES string of the molecule is C[C@@H]1N2N(C)C(C=O)C3C=C(B4OC(C)(C)C(C)(C)O4)C=C[C@]312. The van der Waals surface area contributed by atoms with E-state index in [-0.39, 0.29) is 35.8 Å². The molecular formula is C17H25BN2O3. The lowest BCUT2D eigenvalue weighted by Gasteiger charge is -2.32. The summed E-state index contributed by atoms with van der Waals surface area (Å²) >= 11 is 0. The zero-order valence-corrected chi connectivity index (χ0v) is 14.7. The minimum Gasteiger partial charge on any atom is -0.399 e. The standard InChI is InChI=1S/C17H25BN2O3/c1-11-17-8-7-12(18-22-15(2,3)16(4,5)23-18)9-13(17)14(10-21)19(6)20(11)17/h7-11,13-14H,1-6H3/t11-,13?,14?,17+,20?/m0/s1. The van der Waals surface area contributed by atoms with Gasteiger partial charge in [-0.3, -0.25) is 0 Å². The Morgan fingerprint density at radius 1 is 1.22 bits per heavy atom. The van der Waals surface area contributed by atoms with Gasteiger partial charge in [-0.15, -0.1) is 0 Å². The van der Waals surface area contributed by atoms with Crippen molar-refractivity contribution < 1.29 is 14.1 Å². The summed E-state index contributed by atoms with van der Waals surface area (Å²) in [5, 5.41) is 4.38. The molecule has 6 heteroatoms. The zero-order chi connectivity index (χ0) is 16.8. The van der Waals surface area contributed by atoms with Crippen molar-refractivity contribution in [2.24, 2.45) is 5.92 Å². The van der Waals surface area contributed by atoms with Gasteiger partial charge in [0.15, 0.2) is 0 Å². The molecule has 0 radical (unpaired) electrons. The summed E-state index contributed by atoms with van der Waals surface area (Å²) in [4.78, 5) is 11.6. The van der Waals surface area contributed by atoms with Gasteiger partial charge < -0.3 is 14.1 Å². The highest BCUT2D eigenvalue weighted by Gasteiger charge is 2.72. The monoisotopic (exact) mass is 316 g/mol. The number of likely N-dealkylation sites (N-methyl/N-ethyl adjacent to an activating group) is 1. The normalized spacial score (nSPS) is 46.3. The van der Waals surface area contributed by atoms with E-state index in [4.69, 9.17) is 9.31 Å². The summed E-state index contributed by atoms with van der Waals surface area (Å²) < 4.78 is 12.3. The molecule has 0 amide bonds. The van der Waals surface area contributed by atoms with Gasteiger partial charge in [-0.2, -0.15) is 0 Å². The van der Waals surface area contributed by atoms with Crippen LogP contribution < -0.4 is 0 Å². The van der Waals surface area contributed by atoms with Gasteiger partial charge in [0.25, 0.3) is 0 Å². The van der Waals surface area contributed by atoms with Crippen LogP contribution in [0.15, 0.2) is 23.7 Å². The van der Waals surface area contributed by atoms with Gasteiger partial charge in [0.05, 0.1) is 22.8 Å². The van der Waals surface area contributed by atoms with Crippen molar-refractivity contribution in [3.63, 3.8) is 0 Å². The van der Waals surface area contributed by atoms with Crippen molar-refractivity contribution in [1.82, 2.24) is 10.0 Å². The second-order valence-corrected chi connectivity index (χ2v) is 8.22. The van der Waals surface area contributed by atoms with Crippen LogP contribution in [0.1, 0.15) is 34.6 Å². The molecule has 0 aromatic heterocycles. The predicted molar refractivity (Wildman–Crippen MR) is 88.4 cm³/mol. The molecule has 0 aromatic carbocycles. The molecule has 3 aliphatic heterocycles. The number of carbonyl (C=O) groups is 1. The topological polar surface area (TPSA) is 41.8 Å². The number of rotatable bonds is 2. The van der Waals surface area contributed by atoms with Crippen molar-refractivity contribution in [3.8, 4) is 0 Å². The summed E-state index contributed by atoms with van der Waals surface area (Å²) in [7, 11) is 1.63. The third kappa shape index (κ3) is 1.75. The largest absolute Gasteiger partial charge is 0.494 e. The van der Waals surface area contributed by atoms with E-state index in [2.05, 4.69) is 62.9 Å². The first-order chi connectivity index (χ1) is 10.7. The lowest BCUT2D eigenvalue weighted by Crippen LogP contribution is -2.41. The number of carbonyl (C=O) groups excluding carboxylic acids is 1. The van der Waals surface area contributed by atoms with Gasteiger partial charge in [0, 0.05) is 19.0 Å². The van der Waals surface area contributed by atoms with E-state index in [9.17, 15) is 4.79 Å². The average Bonchev–Trinajstić information content (AvgIpc) is 2.82. The molecule has 4 rings (SSSR count). The predicted octanol–water partition coefficient (Wildman–Crippen LogP) is 1.60. The Hall–Kier alpha value is -0.945. The highest BCUT2D eigenvalue weighted by molar-refractivity contribution is 6.55. The molecule has 1 aliphatic carbocycles. The van der Waals surface area contributed by atoms with Gasteiger partial charge in [-0.05, 0) is 40.1 Å². The Balaban J connectivity index is 1.65. The molecule has 23 heavy (non-hydrogen) atoms. The van der Waals surface area contributed by atoms with Crippen LogP contribution in [-0.4, -0.2) is 59.3 Å². The number of allylic oxidation sites excluding steroid dienone is 2. The number of aldehydes is 1. The van der Waals surface area contributed by atoms with Crippen molar-refractivity contribution in [1.29, 1.82) is 0 Å². The molecule has 124 valence electrons. The number of nitrogens with zero attached hydrogens (tertiary/aromatic N) is 2. The number of hydrogen-bond donors (Lipinski definition) is 0. The van der Waals surface area contributed by atoms with Crippen LogP contribution in [0, 0.1) is 5.92 Å². The summed E-state index contributed by atoms with van der Waals surface area (Å²) in [6.45, 7) is 10.4. The molecule has 0 N–H and O–H groups in total. The van der Waals surface area contributed by atoms with Gasteiger partial charge >= 0.3 is 7.12 Å². The first kappa shape index (κ1) is 15.6. The lowest BCUT2D eigenvalue weighted by atomic mass is 9.69. The van der Waals surface area contributed by atoms with Crippen molar-refractivity contribution in [2.75, 3.05) is 7.05 Å². The fourth-order valence-corrected chi connectivity index (χ4v) is 4.44. The van der Waals surface area contributed by atoms with E-state index < -0.39 is 0 Å². The van der Waals surface area contributed by atoms with Crippen molar-refractivity contribution in [2.45, 2.75) is 63.4 Å². The smallest absolute Gasteiger partial charge is 0.399 e. The lowest BCUT2D eigenvalue weighted by molar-refractivity contribution is -0.114. The Kier molecular flexibility index (Phi) is 2.95. The van der Waals surface area contributed by atoms with E-state index in [1.54, 1.807) is 0 Å². The molecule has 4 aliphatic rings. The van der Waals surface area contributed by atoms with Crippen LogP contribution >= 0.6 is 0 Å². The fraction of sp³-hybridized carbons (Fsp3) is 0.706. The zero-order valence-electron chi connectivity index (χ0n) is 14.7. The maximum Gasteiger partial charge on any atom is 0.494 e. The summed E-state index contributed by atoms with van der Waals surface area (Å²) in [6, 6.07) is 0.314. The molecule has 0 aromatic rings. The van der Waals surface area contributed by atoms with Gasteiger partial charge in [0.1, 0.15) is 6.29 Å². The maximum atomic E-state index is 11.6. The van der Waals surface area contributed by atoms with Gasteiger partial charge in [-0.1, -0.05) is 18.2 Å². The first-order valence-electron chi connectivity index (χ1n) is 8.40. The molecule has 3 fully saturated rings. The molecule has 5 nitrogen and oxygen atoms in total. The van der Waals surface area contributed by atoms with Crippen molar-refractivity contribution >= 4 is 13.4 Å². The Morgan fingerprint density at radius 2 is 1.83 bits per heavy atom. The molecule has 1 spiro atoms. The van der Waals surface area contributed by atoms with E-state index in [1.165, 1.54) is 0 Å². The minimum atomic E-state index is -0.366. The minimum absolute atomic E-state index is 0.0343. The van der Waals surface area contributed by atoms with Crippen molar-refractivity contribution in [3.05, 3.63) is 23.7 Å². The van der Waals surface area contributed by atoms with E-state index >= 15 is 0 Å². The van der Waals surface area contributed by atoms with E-state index in [0.717, 1.165) is 11.8 Å². The van der Waals surface area contributed by atoms with Crippen LogP contribution in [-0.2, 0) is 14.1 Å². The van der Waals surface area contributed by atoms with E-state index in [0.29, 0.717) is 6.04 Å². The van der Waals surface area contributed by atoms with Crippen LogP contribution in [0.5, 0.6) is 0 Å². The molecule has 0 bridgehead atoms. The summed E-state index contributed by atoms with van der Waals surface area (Å²) in [5.41, 5.74) is 0.293. The summed E-state index contributed by atoms with van der Waals surface area (Å²) in [6.07, 6.45) is 7.61. The van der Waals surface area contributed by atoms with Crippen LogP contribution in [0.4, 0.5) is 0 Å². The molecule has 3 unspecified atom stereocenters. The molecular weight excluding hydrogens is 291 g/mol. The molecule has 0 saturated carbocycles.